The smallest absolute Gasteiger partial charge is 0.236 e. The highest BCUT2D eigenvalue weighted by atomic mass is 79.9. The van der Waals surface area contributed by atoms with Crippen molar-refractivity contribution in [3.05, 3.63) is 15.4 Å². The van der Waals surface area contributed by atoms with E-state index in [1.807, 2.05) is 0 Å². The van der Waals surface area contributed by atoms with Crippen LogP contribution in [0.15, 0.2) is 15.4 Å². The van der Waals surface area contributed by atoms with Crippen LogP contribution in [0.4, 0.5) is 5.82 Å². The van der Waals surface area contributed by atoms with Gasteiger partial charge in [0.1, 0.15) is 4.60 Å². The topological polar surface area (TPSA) is 72.0 Å². The molecule has 0 radical (unpaired) electrons. The van der Waals surface area contributed by atoms with Gasteiger partial charge in [-0.3, -0.25) is 4.72 Å². The summed E-state index contributed by atoms with van der Waals surface area (Å²) in [5.74, 6) is 0.236. The average molecular weight is 385 g/mol. The number of sulfonamides is 1. The molecule has 5 nitrogen and oxygen atoms in total. The first-order valence-corrected chi connectivity index (χ1v) is 8.32. The maximum Gasteiger partial charge on any atom is 0.236 e. The van der Waals surface area contributed by atoms with E-state index in [1.165, 1.54) is 6.20 Å². The van der Waals surface area contributed by atoms with Crippen LogP contribution in [0, 0.1) is 0 Å². The summed E-state index contributed by atoms with van der Waals surface area (Å²) in [5.41, 5.74) is 0. The molecule has 1 aromatic heterocycles. The normalized spacial score (nSPS) is 17.3. The predicted octanol–water partition coefficient (Wildman–Crippen LogP) is 2.69. The number of anilines is 1. The number of nitrogens with one attached hydrogen (secondary N) is 1. The lowest BCUT2D eigenvalue weighted by Gasteiger charge is -2.13. The van der Waals surface area contributed by atoms with Crippen LogP contribution in [-0.4, -0.2) is 23.6 Å². The highest BCUT2D eigenvalue weighted by Crippen LogP contribution is 2.27. The van der Waals surface area contributed by atoms with Crippen molar-refractivity contribution in [1.82, 2.24) is 9.97 Å². The summed E-state index contributed by atoms with van der Waals surface area (Å²) in [4.78, 5) is 8.02. The summed E-state index contributed by atoms with van der Waals surface area (Å²) >= 11 is 6.34. The van der Waals surface area contributed by atoms with Crippen LogP contribution in [0.3, 0.4) is 0 Å². The van der Waals surface area contributed by atoms with Crippen molar-refractivity contribution in [1.29, 1.82) is 0 Å². The lowest BCUT2D eigenvalue weighted by atomic mass is 10.4. The Balaban J connectivity index is 2.19. The zero-order valence-electron chi connectivity index (χ0n) is 8.86. The number of halogens is 2. The molecule has 0 unspecified atom stereocenters. The molecule has 0 amide bonds. The van der Waals surface area contributed by atoms with E-state index in [2.05, 4.69) is 46.5 Å². The lowest BCUT2D eigenvalue weighted by Crippen LogP contribution is -2.26. The molecule has 1 saturated carbocycles. The van der Waals surface area contributed by atoms with Crippen molar-refractivity contribution >= 4 is 47.7 Å². The number of aromatic nitrogens is 2. The fourth-order valence-electron chi connectivity index (χ4n) is 1.83. The maximum atomic E-state index is 12.0. The molecule has 1 aliphatic rings. The van der Waals surface area contributed by atoms with Gasteiger partial charge in [-0.15, -0.1) is 0 Å². The number of hydrogen-bond acceptors (Lipinski definition) is 4. The van der Waals surface area contributed by atoms with Gasteiger partial charge in [0.05, 0.1) is 11.4 Å². The summed E-state index contributed by atoms with van der Waals surface area (Å²) in [6.45, 7) is 0. The standard InChI is InChI=1S/C9H11Br2N3O2S/c10-7-5-12-9(8(11)13-7)14-17(15,16)6-3-1-2-4-6/h5-6H,1-4H2,(H,12,14). The van der Waals surface area contributed by atoms with E-state index in [0.29, 0.717) is 9.21 Å². The molecule has 0 atom stereocenters. The monoisotopic (exact) mass is 383 g/mol. The Morgan fingerprint density at radius 2 is 1.94 bits per heavy atom. The SMILES string of the molecule is O=S(=O)(Nc1ncc(Br)nc1Br)C1CCCC1. The fraction of sp³-hybridized carbons (Fsp3) is 0.556. The van der Waals surface area contributed by atoms with E-state index in [4.69, 9.17) is 0 Å². The Labute approximate surface area is 117 Å². The third kappa shape index (κ3) is 3.17. The second-order valence-electron chi connectivity index (χ2n) is 3.89. The number of rotatable bonds is 3. The molecule has 8 heteroatoms. The van der Waals surface area contributed by atoms with Crippen LogP contribution in [0.5, 0.6) is 0 Å². The van der Waals surface area contributed by atoms with Gasteiger partial charge < -0.3 is 0 Å². The van der Waals surface area contributed by atoms with Crippen LogP contribution in [0.25, 0.3) is 0 Å². The zero-order chi connectivity index (χ0) is 12.5. The molecule has 0 saturated heterocycles. The van der Waals surface area contributed by atoms with E-state index in [0.717, 1.165) is 25.7 Å². The van der Waals surface area contributed by atoms with Crippen molar-refractivity contribution in [2.45, 2.75) is 30.9 Å². The molecule has 0 aliphatic heterocycles. The zero-order valence-corrected chi connectivity index (χ0v) is 12.8. The predicted molar refractivity (Wildman–Crippen MR) is 72.2 cm³/mol. The van der Waals surface area contributed by atoms with Crippen molar-refractivity contribution in [3.63, 3.8) is 0 Å². The third-order valence-electron chi connectivity index (χ3n) is 2.68. The first-order valence-electron chi connectivity index (χ1n) is 5.19. The van der Waals surface area contributed by atoms with Crippen LogP contribution in [0.1, 0.15) is 25.7 Å². The first kappa shape index (κ1) is 13.2. The Kier molecular flexibility index (Phi) is 4.04. The van der Waals surface area contributed by atoms with Gasteiger partial charge in [-0.2, -0.15) is 0 Å². The van der Waals surface area contributed by atoms with E-state index < -0.39 is 10.0 Å². The molecule has 0 bridgehead atoms. The van der Waals surface area contributed by atoms with Gasteiger partial charge in [0.15, 0.2) is 10.4 Å². The summed E-state index contributed by atoms with van der Waals surface area (Å²) in [7, 11) is -3.35. The summed E-state index contributed by atoms with van der Waals surface area (Å²) in [6.07, 6.45) is 4.84. The molecule has 17 heavy (non-hydrogen) atoms. The third-order valence-corrected chi connectivity index (χ3v) is 5.44. The molecule has 1 N–H and O–H groups in total. The van der Waals surface area contributed by atoms with E-state index in [9.17, 15) is 8.42 Å². The summed E-state index contributed by atoms with van der Waals surface area (Å²) < 4.78 is 27.5. The van der Waals surface area contributed by atoms with Crippen LogP contribution >= 0.6 is 31.9 Å². The minimum absolute atomic E-state index is 0.236. The molecular weight excluding hydrogens is 374 g/mol. The van der Waals surface area contributed by atoms with Crippen LogP contribution in [0.2, 0.25) is 0 Å². The van der Waals surface area contributed by atoms with E-state index >= 15 is 0 Å². The Morgan fingerprint density at radius 3 is 2.53 bits per heavy atom. The van der Waals surface area contributed by atoms with Gasteiger partial charge in [0, 0.05) is 0 Å². The van der Waals surface area contributed by atoms with Gasteiger partial charge in [-0.1, -0.05) is 12.8 Å². The lowest BCUT2D eigenvalue weighted by molar-refractivity contribution is 0.585. The second-order valence-corrected chi connectivity index (χ2v) is 7.41. The van der Waals surface area contributed by atoms with Gasteiger partial charge in [-0.25, -0.2) is 18.4 Å². The Morgan fingerprint density at radius 1 is 1.29 bits per heavy atom. The van der Waals surface area contributed by atoms with Crippen molar-refractivity contribution in [3.8, 4) is 0 Å². The number of nitrogens with zero attached hydrogens (tertiary/aromatic N) is 2. The minimum Gasteiger partial charge on any atom is -0.265 e. The molecule has 94 valence electrons. The summed E-state index contributed by atoms with van der Waals surface area (Å²) in [6, 6.07) is 0. The quantitative estimate of drug-likeness (QED) is 0.869. The molecule has 1 heterocycles. The molecule has 0 spiro atoms. The van der Waals surface area contributed by atoms with Crippen molar-refractivity contribution in [2.24, 2.45) is 0 Å². The molecule has 0 aromatic carbocycles. The van der Waals surface area contributed by atoms with Gasteiger partial charge in [-0.05, 0) is 44.7 Å². The van der Waals surface area contributed by atoms with Crippen molar-refractivity contribution in [2.75, 3.05) is 4.72 Å². The number of hydrogen-bond donors (Lipinski definition) is 1. The largest absolute Gasteiger partial charge is 0.265 e. The highest BCUT2D eigenvalue weighted by molar-refractivity contribution is 9.11. The van der Waals surface area contributed by atoms with Gasteiger partial charge >= 0.3 is 0 Å². The molecule has 2 rings (SSSR count). The summed E-state index contributed by atoms with van der Waals surface area (Å²) in [5, 5.41) is -0.306. The molecule has 1 fully saturated rings. The average Bonchev–Trinajstić information content (AvgIpc) is 2.76. The molecular formula is C9H11Br2N3O2S. The fourth-order valence-corrected chi connectivity index (χ4v) is 4.41. The van der Waals surface area contributed by atoms with Gasteiger partial charge in [0.25, 0.3) is 0 Å². The molecule has 1 aromatic rings. The Hall–Kier alpha value is -0.210. The second kappa shape index (κ2) is 5.19. The van der Waals surface area contributed by atoms with Gasteiger partial charge in [0.2, 0.25) is 10.0 Å². The Bertz CT molecular complexity index is 515. The molecule has 1 aliphatic carbocycles. The highest BCUT2D eigenvalue weighted by Gasteiger charge is 2.29. The van der Waals surface area contributed by atoms with E-state index in [-0.39, 0.29) is 11.1 Å². The maximum absolute atomic E-state index is 12.0. The van der Waals surface area contributed by atoms with Crippen molar-refractivity contribution < 1.29 is 8.42 Å². The van der Waals surface area contributed by atoms with Crippen LogP contribution in [-0.2, 0) is 10.0 Å². The van der Waals surface area contributed by atoms with Crippen LogP contribution < -0.4 is 4.72 Å². The minimum atomic E-state index is -3.35. The first-order chi connectivity index (χ1) is 7.99. The van der Waals surface area contributed by atoms with E-state index in [1.54, 1.807) is 0 Å².